The van der Waals surface area contributed by atoms with Crippen molar-refractivity contribution in [2.45, 2.75) is 71.5 Å². The number of anilines is 1. The van der Waals surface area contributed by atoms with E-state index in [9.17, 15) is 0 Å². The lowest BCUT2D eigenvalue weighted by atomic mass is 10.1. The number of hydrogen-bond acceptors (Lipinski definition) is 2. The number of nitrogens with one attached hydrogen (secondary N) is 1. The van der Waals surface area contributed by atoms with Gasteiger partial charge >= 0.3 is 0 Å². The number of unbranched alkanes of at least 4 members (excludes halogenated alkanes) is 1. The predicted molar refractivity (Wildman–Crippen MR) is 93.3 cm³/mol. The zero-order valence-electron chi connectivity index (χ0n) is 13.7. The van der Waals surface area contributed by atoms with Crippen molar-refractivity contribution in [2.24, 2.45) is 0 Å². The van der Waals surface area contributed by atoms with Crippen LogP contribution in [0.3, 0.4) is 0 Å². The Labute approximate surface area is 134 Å². The van der Waals surface area contributed by atoms with Crippen LogP contribution in [0.15, 0.2) is 18.2 Å². The molecule has 1 aromatic carbocycles. The van der Waals surface area contributed by atoms with Crippen molar-refractivity contribution in [1.29, 1.82) is 0 Å². The second-order valence-electron chi connectivity index (χ2n) is 6.25. The quantitative estimate of drug-likeness (QED) is 0.691. The molecule has 0 spiro atoms. The molecule has 0 aromatic heterocycles. The van der Waals surface area contributed by atoms with Crippen LogP contribution in [0.5, 0.6) is 0 Å². The average Bonchev–Trinajstić information content (AvgIpc) is 3.31. The Bertz CT molecular complexity index is 443. The molecule has 2 nitrogen and oxygen atoms in total. The van der Waals surface area contributed by atoms with Crippen LogP contribution < -0.4 is 10.2 Å². The van der Waals surface area contributed by atoms with E-state index < -0.39 is 0 Å². The highest BCUT2D eigenvalue weighted by molar-refractivity contribution is 6.33. The SMILES string of the molecule is CCCCN(c1ccc(CNC2CC2)cc1Cl)C(C)CC. The topological polar surface area (TPSA) is 15.3 Å². The Hall–Kier alpha value is -0.730. The van der Waals surface area contributed by atoms with Crippen LogP contribution in [0.1, 0.15) is 58.4 Å². The second-order valence-corrected chi connectivity index (χ2v) is 6.65. The fourth-order valence-corrected chi connectivity index (χ4v) is 2.88. The third-order valence-corrected chi connectivity index (χ3v) is 4.67. The Morgan fingerprint density at radius 1 is 1.33 bits per heavy atom. The smallest absolute Gasteiger partial charge is 0.0642 e. The van der Waals surface area contributed by atoms with E-state index in [0.717, 1.165) is 30.6 Å². The van der Waals surface area contributed by atoms with E-state index in [1.807, 2.05) is 0 Å². The molecule has 0 radical (unpaired) electrons. The summed E-state index contributed by atoms with van der Waals surface area (Å²) in [5.74, 6) is 0. The third-order valence-electron chi connectivity index (χ3n) is 4.37. The van der Waals surface area contributed by atoms with E-state index in [-0.39, 0.29) is 0 Å². The molecule has 118 valence electrons. The lowest BCUT2D eigenvalue weighted by Gasteiger charge is -2.31. The highest BCUT2D eigenvalue weighted by Crippen LogP contribution is 2.30. The molecule has 0 aliphatic heterocycles. The van der Waals surface area contributed by atoms with Crippen LogP contribution in [0.2, 0.25) is 5.02 Å². The first-order valence-corrected chi connectivity index (χ1v) is 8.82. The number of nitrogens with zero attached hydrogens (tertiary/aromatic N) is 1. The molecule has 21 heavy (non-hydrogen) atoms. The van der Waals surface area contributed by atoms with Gasteiger partial charge in [0, 0.05) is 25.2 Å². The fourth-order valence-electron chi connectivity index (χ4n) is 2.57. The maximum atomic E-state index is 6.57. The maximum absolute atomic E-state index is 6.57. The van der Waals surface area contributed by atoms with E-state index in [1.54, 1.807) is 0 Å². The van der Waals surface area contributed by atoms with Crippen molar-refractivity contribution in [3.63, 3.8) is 0 Å². The molecule has 3 heteroatoms. The summed E-state index contributed by atoms with van der Waals surface area (Å²) < 4.78 is 0. The molecule has 1 fully saturated rings. The van der Waals surface area contributed by atoms with E-state index in [4.69, 9.17) is 11.6 Å². The zero-order chi connectivity index (χ0) is 15.2. The van der Waals surface area contributed by atoms with E-state index in [0.29, 0.717) is 6.04 Å². The largest absolute Gasteiger partial charge is 0.368 e. The van der Waals surface area contributed by atoms with Crippen molar-refractivity contribution in [2.75, 3.05) is 11.4 Å². The fraction of sp³-hybridized carbons (Fsp3) is 0.667. The molecule has 1 unspecified atom stereocenters. The van der Waals surface area contributed by atoms with Gasteiger partial charge in [0.15, 0.2) is 0 Å². The summed E-state index contributed by atoms with van der Waals surface area (Å²) in [6, 6.07) is 7.83. The Kier molecular flexibility index (Phi) is 6.38. The minimum atomic E-state index is 0.532. The first-order chi connectivity index (χ1) is 10.2. The summed E-state index contributed by atoms with van der Waals surface area (Å²) in [4.78, 5) is 2.46. The van der Waals surface area contributed by atoms with Crippen LogP contribution in [0.4, 0.5) is 5.69 Å². The van der Waals surface area contributed by atoms with Crippen LogP contribution in [-0.4, -0.2) is 18.6 Å². The van der Waals surface area contributed by atoms with Gasteiger partial charge in [0.05, 0.1) is 10.7 Å². The lowest BCUT2D eigenvalue weighted by Crippen LogP contribution is -2.33. The highest BCUT2D eigenvalue weighted by atomic mass is 35.5. The average molecular weight is 309 g/mol. The van der Waals surface area contributed by atoms with Gasteiger partial charge < -0.3 is 10.2 Å². The van der Waals surface area contributed by atoms with Gasteiger partial charge in [0.2, 0.25) is 0 Å². The maximum Gasteiger partial charge on any atom is 0.0642 e. The first kappa shape index (κ1) is 16.6. The summed E-state index contributed by atoms with van der Waals surface area (Å²) in [6.07, 6.45) is 6.22. The first-order valence-electron chi connectivity index (χ1n) is 8.44. The van der Waals surface area contributed by atoms with Crippen LogP contribution in [-0.2, 0) is 6.54 Å². The van der Waals surface area contributed by atoms with Crippen molar-refractivity contribution in [3.05, 3.63) is 28.8 Å². The van der Waals surface area contributed by atoms with Gasteiger partial charge in [-0.1, -0.05) is 37.9 Å². The summed E-state index contributed by atoms with van der Waals surface area (Å²) in [6.45, 7) is 8.79. The van der Waals surface area contributed by atoms with Gasteiger partial charge in [-0.2, -0.15) is 0 Å². The molecule has 2 rings (SSSR count). The molecule has 1 atom stereocenters. The molecule has 1 aliphatic rings. The van der Waals surface area contributed by atoms with Gasteiger partial charge in [-0.3, -0.25) is 0 Å². The van der Waals surface area contributed by atoms with E-state index >= 15 is 0 Å². The summed E-state index contributed by atoms with van der Waals surface area (Å²) in [5.41, 5.74) is 2.48. The monoisotopic (exact) mass is 308 g/mol. The predicted octanol–water partition coefficient (Wildman–Crippen LogP) is 5.00. The van der Waals surface area contributed by atoms with Gasteiger partial charge in [-0.25, -0.2) is 0 Å². The number of hydrogen-bond donors (Lipinski definition) is 1. The van der Waals surface area contributed by atoms with Crippen LogP contribution in [0, 0.1) is 0 Å². The molecule has 1 saturated carbocycles. The molecular weight excluding hydrogens is 280 g/mol. The standard InChI is InChI=1S/C18H29ClN2/c1-4-6-11-21(14(3)5-2)18-10-7-15(12-17(18)19)13-20-16-8-9-16/h7,10,12,14,16,20H,4-6,8-9,11,13H2,1-3H3. The molecule has 0 bridgehead atoms. The lowest BCUT2D eigenvalue weighted by molar-refractivity contribution is 0.595. The van der Waals surface area contributed by atoms with Crippen LogP contribution >= 0.6 is 11.6 Å². The van der Waals surface area contributed by atoms with E-state index in [1.165, 1.54) is 36.9 Å². The van der Waals surface area contributed by atoms with Gasteiger partial charge in [0.25, 0.3) is 0 Å². The van der Waals surface area contributed by atoms with Gasteiger partial charge in [-0.15, -0.1) is 0 Å². The van der Waals surface area contributed by atoms with Gasteiger partial charge in [0.1, 0.15) is 0 Å². The summed E-state index contributed by atoms with van der Waals surface area (Å²) in [7, 11) is 0. The minimum Gasteiger partial charge on any atom is -0.368 e. The number of rotatable bonds is 9. The minimum absolute atomic E-state index is 0.532. The molecule has 1 aliphatic carbocycles. The molecule has 1 aromatic rings. The van der Waals surface area contributed by atoms with Gasteiger partial charge in [-0.05, 0) is 50.3 Å². The summed E-state index contributed by atoms with van der Waals surface area (Å²) >= 11 is 6.57. The molecule has 0 heterocycles. The Morgan fingerprint density at radius 3 is 2.67 bits per heavy atom. The molecule has 0 saturated heterocycles. The normalized spacial score (nSPS) is 16.0. The zero-order valence-corrected chi connectivity index (χ0v) is 14.4. The van der Waals surface area contributed by atoms with Crippen molar-refractivity contribution in [1.82, 2.24) is 5.32 Å². The molecule has 1 N–H and O–H groups in total. The summed E-state index contributed by atoms with van der Waals surface area (Å²) in [5, 5.41) is 4.44. The van der Waals surface area contributed by atoms with E-state index in [2.05, 4.69) is 49.2 Å². The van der Waals surface area contributed by atoms with Crippen molar-refractivity contribution < 1.29 is 0 Å². The second kappa shape index (κ2) is 8.05. The third kappa shape index (κ3) is 4.89. The van der Waals surface area contributed by atoms with Crippen molar-refractivity contribution in [3.8, 4) is 0 Å². The highest BCUT2D eigenvalue weighted by Gasteiger charge is 2.20. The number of benzene rings is 1. The molecular formula is C18H29ClN2. The van der Waals surface area contributed by atoms with Crippen LogP contribution in [0.25, 0.3) is 0 Å². The molecule has 0 amide bonds. The Balaban J connectivity index is 2.07. The number of halogens is 1. The van der Waals surface area contributed by atoms with Crippen molar-refractivity contribution >= 4 is 17.3 Å². The Morgan fingerprint density at radius 2 is 2.10 bits per heavy atom.